The van der Waals surface area contributed by atoms with E-state index in [9.17, 15) is 0 Å². The minimum Gasteiger partial charge on any atom is -0.0899 e. The van der Waals surface area contributed by atoms with Crippen molar-refractivity contribution in [2.75, 3.05) is 6.16 Å². The summed E-state index contributed by atoms with van der Waals surface area (Å²) < 4.78 is 0. The van der Waals surface area contributed by atoms with Crippen molar-refractivity contribution >= 4 is 32.0 Å². The Labute approximate surface area is 187 Å². The second kappa shape index (κ2) is 8.73. The predicted molar refractivity (Wildman–Crippen MR) is 141 cm³/mol. The summed E-state index contributed by atoms with van der Waals surface area (Å²) in [6, 6.07) is 9.55. The van der Waals surface area contributed by atoms with Crippen molar-refractivity contribution in [3.8, 4) is 0 Å². The van der Waals surface area contributed by atoms with Crippen LogP contribution in [0.1, 0.15) is 67.5 Å². The van der Waals surface area contributed by atoms with Crippen LogP contribution in [0.2, 0.25) is 0 Å². The Kier molecular flexibility index (Phi) is 6.82. The highest BCUT2D eigenvalue weighted by Crippen LogP contribution is 2.48. The molecule has 0 radical (unpaired) electrons. The first-order valence-corrected chi connectivity index (χ1v) is 13.5. The van der Waals surface area contributed by atoms with Crippen LogP contribution in [0.4, 0.5) is 0 Å². The van der Waals surface area contributed by atoms with Gasteiger partial charge in [0.25, 0.3) is 0 Å². The van der Waals surface area contributed by atoms with E-state index >= 15 is 0 Å². The van der Waals surface area contributed by atoms with Crippen molar-refractivity contribution in [2.24, 2.45) is 0 Å². The lowest BCUT2D eigenvalue weighted by atomic mass is 9.94. The number of hydrogen-bond acceptors (Lipinski definition) is 0. The third-order valence-electron chi connectivity index (χ3n) is 6.96. The number of allylic oxidation sites excluding steroid dienone is 2. The van der Waals surface area contributed by atoms with Crippen LogP contribution in [0.3, 0.4) is 0 Å². The number of rotatable bonds is 5. The molecule has 0 fully saturated rings. The van der Waals surface area contributed by atoms with Gasteiger partial charge in [-0.1, -0.05) is 49.2 Å². The zero-order valence-electron chi connectivity index (χ0n) is 20.6. The van der Waals surface area contributed by atoms with E-state index in [-0.39, 0.29) is 5.16 Å². The molecule has 0 nitrogen and oxygen atoms in total. The molecule has 1 unspecified atom stereocenters. The van der Waals surface area contributed by atoms with Crippen LogP contribution >= 0.6 is 16.1 Å². The first-order valence-electron chi connectivity index (χ1n) is 11.1. The van der Waals surface area contributed by atoms with Gasteiger partial charge in [-0.15, -0.1) is 0 Å². The van der Waals surface area contributed by atoms with Crippen LogP contribution in [0.15, 0.2) is 35.4 Å². The molecule has 0 saturated carbocycles. The van der Waals surface area contributed by atoms with Gasteiger partial charge in [-0.2, -0.15) is 0 Å². The van der Waals surface area contributed by atoms with Gasteiger partial charge in [0.15, 0.2) is 0 Å². The zero-order chi connectivity index (χ0) is 22.4. The fourth-order valence-electron chi connectivity index (χ4n) is 5.32. The monoisotopic (exact) mass is 436 g/mol. The van der Waals surface area contributed by atoms with Gasteiger partial charge >= 0.3 is 0 Å². The molecule has 1 aliphatic heterocycles. The lowest BCUT2D eigenvalue weighted by Gasteiger charge is -2.31. The van der Waals surface area contributed by atoms with Crippen molar-refractivity contribution < 1.29 is 0 Å². The lowest BCUT2D eigenvalue weighted by molar-refractivity contribution is 0.715. The van der Waals surface area contributed by atoms with Gasteiger partial charge in [0.05, 0.1) is 0 Å². The summed E-state index contributed by atoms with van der Waals surface area (Å²) in [6.45, 7) is 23.2. The quantitative estimate of drug-likeness (QED) is 0.423. The Bertz CT molecular complexity index is 951. The van der Waals surface area contributed by atoms with E-state index in [4.69, 9.17) is 0 Å². The Morgan fingerprint density at radius 3 is 1.43 bits per heavy atom. The van der Waals surface area contributed by atoms with Gasteiger partial charge in [-0.25, -0.2) is 0 Å². The van der Waals surface area contributed by atoms with E-state index < -0.39 is 7.92 Å². The third-order valence-corrected chi connectivity index (χ3v) is 11.8. The van der Waals surface area contributed by atoms with Crippen molar-refractivity contribution in [3.63, 3.8) is 0 Å². The van der Waals surface area contributed by atoms with Gasteiger partial charge in [0.1, 0.15) is 0 Å². The molecule has 0 N–H and O–H groups in total. The fraction of sp³-hybridized carbons (Fsp3) is 0.464. The summed E-state index contributed by atoms with van der Waals surface area (Å²) >= 11 is 0. The largest absolute Gasteiger partial charge is 0.0899 e. The topological polar surface area (TPSA) is 0 Å². The van der Waals surface area contributed by atoms with Crippen molar-refractivity contribution in [1.29, 1.82) is 0 Å². The summed E-state index contributed by atoms with van der Waals surface area (Å²) in [4.78, 5) is 0. The molecule has 0 amide bonds. The highest BCUT2D eigenvalue weighted by Gasteiger charge is 2.33. The molecule has 0 aliphatic carbocycles. The summed E-state index contributed by atoms with van der Waals surface area (Å²) in [5.74, 6) is 0. The maximum absolute atomic E-state index is 2.49. The number of hydrogen-bond donors (Lipinski definition) is 0. The van der Waals surface area contributed by atoms with Gasteiger partial charge < -0.3 is 0 Å². The van der Waals surface area contributed by atoms with Gasteiger partial charge in [0, 0.05) is 5.16 Å². The van der Waals surface area contributed by atoms with Crippen LogP contribution in [0.5, 0.6) is 0 Å². The molecule has 2 aromatic rings. The average molecular weight is 437 g/mol. The summed E-state index contributed by atoms with van der Waals surface area (Å²) in [5.41, 5.74) is 11.8. The molecule has 1 aliphatic rings. The molecule has 30 heavy (non-hydrogen) atoms. The van der Waals surface area contributed by atoms with Crippen molar-refractivity contribution in [1.82, 2.24) is 0 Å². The zero-order valence-corrected chi connectivity index (χ0v) is 22.4. The smallest absolute Gasteiger partial charge is 0.0311 e. The molecule has 3 rings (SSSR count). The van der Waals surface area contributed by atoms with E-state index in [0.717, 1.165) is 0 Å². The highest BCUT2D eigenvalue weighted by molar-refractivity contribution is 7.73. The second-order valence-electron chi connectivity index (χ2n) is 9.62. The normalized spacial score (nSPS) is 19.6. The van der Waals surface area contributed by atoms with E-state index in [1.54, 1.807) is 21.5 Å². The van der Waals surface area contributed by atoms with E-state index in [1.165, 1.54) is 59.7 Å². The molecule has 1 heterocycles. The molecule has 0 spiro atoms. The van der Waals surface area contributed by atoms with Gasteiger partial charge in [0.2, 0.25) is 0 Å². The summed E-state index contributed by atoms with van der Waals surface area (Å²) in [5, 5.41) is 5.07. The van der Waals surface area contributed by atoms with Crippen LogP contribution < -0.4 is 10.6 Å². The first-order chi connectivity index (χ1) is 13.9. The highest BCUT2D eigenvalue weighted by atomic mass is 31.1. The van der Waals surface area contributed by atoms with Crippen molar-refractivity contribution in [3.05, 3.63) is 68.8 Å². The van der Waals surface area contributed by atoms with E-state index in [2.05, 4.69) is 93.5 Å². The van der Waals surface area contributed by atoms with Gasteiger partial charge in [-0.05, 0) is 133 Å². The minimum absolute atomic E-state index is 0.285. The maximum atomic E-state index is 2.49. The third kappa shape index (κ3) is 4.38. The molecule has 2 heteroatoms. The number of aryl methyl sites for hydroxylation is 6. The SMILES string of the molecule is CC1=PC(C)(CCP(c2c(C)cc(C)cc2C)c2c(C)cc(C)cc2C)C(C)=C1C. The molecule has 160 valence electrons. The van der Waals surface area contributed by atoms with E-state index in [0.29, 0.717) is 0 Å². The minimum atomic E-state index is -0.391. The van der Waals surface area contributed by atoms with Crippen LogP contribution in [-0.4, -0.2) is 16.6 Å². The Morgan fingerprint density at radius 1 is 0.700 bits per heavy atom. The average Bonchev–Trinajstić information content (AvgIpc) is 2.81. The molecule has 0 aromatic heterocycles. The molecular formula is C28H38P2. The lowest BCUT2D eigenvalue weighted by Crippen LogP contribution is -2.27. The Balaban J connectivity index is 2.11. The Hall–Kier alpha value is -1.22. The van der Waals surface area contributed by atoms with Crippen LogP contribution in [-0.2, 0) is 0 Å². The second-order valence-corrected chi connectivity index (χ2v) is 13.7. The molecule has 0 bridgehead atoms. The van der Waals surface area contributed by atoms with Crippen molar-refractivity contribution in [2.45, 2.75) is 80.8 Å². The molecule has 0 saturated heterocycles. The van der Waals surface area contributed by atoms with E-state index in [1.807, 2.05) is 0 Å². The van der Waals surface area contributed by atoms with Crippen LogP contribution in [0.25, 0.3) is 0 Å². The first kappa shape index (κ1) is 23.4. The maximum Gasteiger partial charge on any atom is 0.0311 e. The number of benzene rings is 2. The fourth-order valence-corrected chi connectivity index (χ4v) is 10.4. The molecular weight excluding hydrogens is 398 g/mol. The van der Waals surface area contributed by atoms with Crippen LogP contribution in [0, 0.1) is 41.5 Å². The standard InChI is InChI=1S/C28H38P2/c1-17-13-19(3)26(20(4)14-17)30(27-21(5)15-18(2)16-22(27)6)12-11-28(10)24(8)23(7)25(9)29-28/h13-16H,11-12H2,1-10H3. The Morgan fingerprint density at radius 2 is 1.10 bits per heavy atom. The predicted octanol–water partition coefficient (Wildman–Crippen LogP) is 7.61. The van der Waals surface area contributed by atoms with Gasteiger partial charge in [-0.3, -0.25) is 0 Å². The summed E-state index contributed by atoms with van der Waals surface area (Å²) in [6.07, 6.45) is 2.51. The molecule has 1 atom stereocenters. The summed E-state index contributed by atoms with van der Waals surface area (Å²) in [7, 11) is 1.12. The molecule has 2 aromatic carbocycles.